The van der Waals surface area contributed by atoms with E-state index in [0.29, 0.717) is 24.3 Å². The topological polar surface area (TPSA) is 35.2 Å². The molecule has 2 N–H and O–H groups in total. The van der Waals surface area contributed by atoms with Crippen molar-refractivity contribution in [3.05, 3.63) is 29.1 Å². The summed E-state index contributed by atoms with van der Waals surface area (Å²) in [5.74, 6) is 0.466. The van der Waals surface area contributed by atoms with Crippen molar-refractivity contribution in [1.82, 2.24) is 0 Å². The zero-order chi connectivity index (χ0) is 11.3. The fourth-order valence-electron chi connectivity index (χ4n) is 1.64. The molecular weight excluding hydrogens is 193 g/mol. The molecule has 0 aliphatic heterocycles. The van der Waals surface area contributed by atoms with Gasteiger partial charge in [0, 0.05) is 5.56 Å². The number of methoxy groups -OCH3 is 1. The van der Waals surface area contributed by atoms with Crippen LogP contribution in [0.5, 0.6) is 5.75 Å². The first-order chi connectivity index (χ1) is 7.22. The SMILES string of the molecule is CCc1c(F)cc(CCCN)cc1OC. The molecule has 0 aliphatic rings. The molecule has 0 spiro atoms. The number of ether oxygens (including phenoxy) is 1. The number of halogens is 1. The minimum Gasteiger partial charge on any atom is -0.496 e. The Balaban J connectivity index is 2.97. The predicted molar refractivity (Wildman–Crippen MR) is 59.7 cm³/mol. The third-order valence-corrected chi connectivity index (χ3v) is 2.46. The maximum absolute atomic E-state index is 13.6. The van der Waals surface area contributed by atoms with Crippen LogP contribution in [0.3, 0.4) is 0 Å². The zero-order valence-corrected chi connectivity index (χ0v) is 9.35. The minimum absolute atomic E-state index is 0.177. The van der Waals surface area contributed by atoms with E-state index in [4.69, 9.17) is 10.5 Å². The van der Waals surface area contributed by atoms with Gasteiger partial charge in [0.25, 0.3) is 0 Å². The van der Waals surface area contributed by atoms with E-state index < -0.39 is 0 Å². The summed E-state index contributed by atoms with van der Waals surface area (Å²) in [5, 5.41) is 0. The molecule has 0 radical (unpaired) electrons. The summed E-state index contributed by atoms with van der Waals surface area (Å²) in [7, 11) is 1.57. The summed E-state index contributed by atoms with van der Waals surface area (Å²) in [6.45, 7) is 2.54. The maximum Gasteiger partial charge on any atom is 0.130 e. The van der Waals surface area contributed by atoms with Gasteiger partial charge < -0.3 is 10.5 Å². The van der Waals surface area contributed by atoms with Gasteiger partial charge in [-0.1, -0.05) is 6.92 Å². The zero-order valence-electron chi connectivity index (χ0n) is 9.35. The van der Waals surface area contributed by atoms with Gasteiger partial charge in [0.15, 0.2) is 0 Å². The van der Waals surface area contributed by atoms with E-state index in [0.717, 1.165) is 18.4 Å². The summed E-state index contributed by atoms with van der Waals surface area (Å²) in [4.78, 5) is 0. The molecule has 84 valence electrons. The summed E-state index contributed by atoms with van der Waals surface area (Å²) in [6.07, 6.45) is 2.31. The molecule has 1 rings (SSSR count). The summed E-state index contributed by atoms with van der Waals surface area (Å²) in [5.41, 5.74) is 7.01. The van der Waals surface area contributed by atoms with Crippen LogP contribution in [0.1, 0.15) is 24.5 Å². The number of hydrogen-bond donors (Lipinski definition) is 1. The highest BCUT2D eigenvalue weighted by molar-refractivity contribution is 5.38. The lowest BCUT2D eigenvalue weighted by molar-refractivity contribution is 0.404. The Kier molecular flexibility index (Phi) is 4.56. The number of hydrogen-bond acceptors (Lipinski definition) is 2. The molecule has 15 heavy (non-hydrogen) atoms. The summed E-state index contributed by atoms with van der Waals surface area (Å²) in [6, 6.07) is 3.48. The van der Waals surface area contributed by atoms with Gasteiger partial charge in [0.05, 0.1) is 7.11 Å². The van der Waals surface area contributed by atoms with Crippen LogP contribution >= 0.6 is 0 Å². The third kappa shape index (κ3) is 2.93. The van der Waals surface area contributed by atoms with Gasteiger partial charge in [-0.2, -0.15) is 0 Å². The second kappa shape index (κ2) is 5.71. The monoisotopic (exact) mass is 211 g/mol. The van der Waals surface area contributed by atoms with Gasteiger partial charge in [-0.05, 0) is 43.5 Å². The van der Waals surface area contributed by atoms with E-state index in [1.165, 1.54) is 0 Å². The van der Waals surface area contributed by atoms with Crippen molar-refractivity contribution in [1.29, 1.82) is 0 Å². The summed E-state index contributed by atoms with van der Waals surface area (Å²) >= 11 is 0. The number of nitrogens with two attached hydrogens (primary N) is 1. The normalized spacial score (nSPS) is 10.4. The van der Waals surface area contributed by atoms with Crippen molar-refractivity contribution < 1.29 is 9.13 Å². The fraction of sp³-hybridized carbons (Fsp3) is 0.500. The largest absolute Gasteiger partial charge is 0.496 e. The van der Waals surface area contributed by atoms with Crippen LogP contribution in [0.4, 0.5) is 4.39 Å². The van der Waals surface area contributed by atoms with E-state index in [1.54, 1.807) is 13.2 Å². The molecule has 3 heteroatoms. The number of rotatable bonds is 5. The minimum atomic E-state index is -0.177. The molecule has 0 atom stereocenters. The number of aryl methyl sites for hydroxylation is 1. The van der Waals surface area contributed by atoms with Crippen LogP contribution in [0.25, 0.3) is 0 Å². The van der Waals surface area contributed by atoms with Crippen LogP contribution in [-0.2, 0) is 12.8 Å². The van der Waals surface area contributed by atoms with Crippen molar-refractivity contribution in [3.8, 4) is 5.75 Å². The summed E-state index contributed by atoms with van der Waals surface area (Å²) < 4.78 is 18.8. The maximum atomic E-state index is 13.6. The Hall–Kier alpha value is -1.09. The molecule has 0 amide bonds. The van der Waals surface area contributed by atoms with Gasteiger partial charge in [-0.15, -0.1) is 0 Å². The van der Waals surface area contributed by atoms with Gasteiger partial charge in [-0.25, -0.2) is 4.39 Å². The van der Waals surface area contributed by atoms with E-state index in [2.05, 4.69) is 0 Å². The molecule has 0 saturated heterocycles. The molecular formula is C12H18FNO. The lowest BCUT2D eigenvalue weighted by Crippen LogP contribution is -2.02. The van der Waals surface area contributed by atoms with Gasteiger partial charge in [-0.3, -0.25) is 0 Å². The highest BCUT2D eigenvalue weighted by Crippen LogP contribution is 2.24. The van der Waals surface area contributed by atoms with Crippen LogP contribution in [-0.4, -0.2) is 13.7 Å². The molecule has 1 aromatic rings. The molecule has 0 bridgehead atoms. The average molecular weight is 211 g/mol. The molecule has 0 unspecified atom stereocenters. The average Bonchev–Trinajstić information content (AvgIpc) is 2.25. The molecule has 0 heterocycles. The van der Waals surface area contributed by atoms with Gasteiger partial charge in [0.2, 0.25) is 0 Å². The Morgan fingerprint density at radius 2 is 2.13 bits per heavy atom. The Morgan fingerprint density at radius 1 is 1.40 bits per heavy atom. The molecule has 0 fully saturated rings. The van der Waals surface area contributed by atoms with Crippen LogP contribution in [0.2, 0.25) is 0 Å². The van der Waals surface area contributed by atoms with Crippen LogP contribution in [0.15, 0.2) is 12.1 Å². The van der Waals surface area contributed by atoms with Gasteiger partial charge >= 0.3 is 0 Å². The highest BCUT2D eigenvalue weighted by atomic mass is 19.1. The van der Waals surface area contributed by atoms with E-state index in [-0.39, 0.29) is 5.82 Å². The first kappa shape index (κ1) is 12.0. The molecule has 0 aliphatic carbocycles. The molecule has 0 aromatic heterocycles. The van der Waals surface area contributed by atoms with Crippen molar-refractivity contribution in [2.24, 2.45) is 5.73 Å². The highest BCUT2D eigenvalue weighted by Gasteiger charge is 2.09. The van der Waals surface area contributed by atoms with Gasteiger partial charge in [0.1, 0.15) is 11.6 Å². The predicted octanol–water partition coefficient (Wildman–Crippen LogP) is 2.29. The third-order valence-electron chi connectivity index (χ3n) is 2.46. The second-order valence-corrected chi connectivity index (χ2v) is 3.50. The van der Waals surface area contributed by atoms with Crippen molar-refractivity contribution >= 4 is 0 Å². The van der Waals surface area contributed by atoms with Crippen molar-refractivity contribution in [2.45, 2.75) is 26.2 Å². The lowest BCUT2D eigenvalue weighted by atomic mass is 10.0. The van der Waals surface area contributed by atoms with E-state index >= 15 is 0 Å². The Labute approximate surface area is 90.2 Å². The first-order valence-electron chi connectivity index (χ1n) is 5.28. The van der Waals surface area contributed by atoms with Crippen LogP contribution in [0, 0.1) is 5.82 Å². The first-order valence-corrected chi connectivity index (χ1v) is 5.28. The molecule has 2 nitrogen and oxygen atoms in total. The standard InChI is InChI=1S/C12H18FNO/c1-3-10-11(13)7-9(5-4-6-14)8-12(10)15-2/h7-8H,3-6,14H2,1-2H3. The fourth-order valence-corrected chi connectivity index (χ4v) is 1.64. The van der Waals surface area contributed by atoms with Crippen molar-refractivity contribution in [2.75, 3.05) is 13.7 Å². The van der Waals surface area contributed by atoms with Crippen molar-refractivity contribution in [3.63, 3.8) is 0 Å². The molecule has 0 saturated carbocycles. The Bertz CT molecular complexity index is 326. The van der Waals surface area contributed by atoms with Crippen LogP contribution < -0.4 is 10.5 Å². The Morgan fingerprint density at radius 3 is 2.67 bits per heavy atom. The smallest absolute Gasteiger partial charge is 0.130 e. The lowest BCUT2D eigenvalue weighted by Gasteiger charge is -2.10. The van der Waals surface area contributed by atoms with E-state index in [9.17, 15) is 4.39 Å². The quantitative estimate of drug-likeness (QED) is 0.811. The van der Waals surface area contributed by atoms with E-state index in [1.807, 2.05) is 13.0 Å². The number of benzene rings is 1. The second-order valence-electron chi connectivity index (χ2n) is 3.50. The molecule has 1 aromatic carbocycles.